The summed E-state index contributed by atoms with van der Waals surface area (Å²) >= 11 is 0. The predicted octanol–water partition coefficient (Wildman–Crippen LogP) is 2.80. The van der Waals surface area contributed by atoms with E-state index in [1.165, 1.54) is 30.4 Å². The zero-order valence-electron chi connectivity index (χ0n) is 9.29. The molecule has 1 aromatic rings. The fraction of sp³-hybridized carbons (Fsp3) is 0.571. The van der Waals surface area contributed by atoms with Gasteiger partial charge in [0, 0.05) is 6.61 Å². The molecule has 3 aliphatic rings. The first-order valence-electron chi connectivity index (χ1n) is 5.86. The highest BCUT2D eigenvalue weighted by Crippen LogP contribution is 2.74. The molecule has 3 fully saturated rings. The summed E-state index contributed by atoms with van der Waals surface area (Å²) in [4.78, 5) is 0. The van der Waals surface area contributed by atoms with E-state index >= 15 is 0 Å². The average Bonchev–Trinajstić information content (AvgIpc) is 2.08. The number of aliphatic hydroxyl groups is 1. The molecule has 1 nitrogen and oxygen atoms in total. The Morgan fingerprint density at radius 2 is 2.00 bits per heavy atom. The molecule has 0 unspecified atom stereocenters. The largest absolute Gasteiger partial charge is 0.396 e. The molecule has 15 heavy (non-hydrogen) atoms. The Bertz CT molecular complexity index is 374. The Hall–Kier alpha value is -0.820. The lowest BCUT2D eigenvalue weighted by Gasteiger charge is -2.71. The first-order valence-corrected chi connectivity index (χ1v) is 5.86. The lowest BCUT2D eigenvalue weighted by Crippen LogP contribution is -2.64. The van der Waals surface area contributed by atoms with Gasteiger partial charge >= 0.3 is 0 Å². The van der Waals surface area contributed by atoms with Gasteiger partial charge in [0.05, 0.1) is 0 Å². The van der Waals surface area contributed by atoms with E-state index in [9.17, 15) is 0 Å². The third-order valence-corrected chi connectivity index (χ3v) is 4.41. The van der Waals surface area contributed by atoms with E-state index in [0.717, 1.165) is 6.42 Å². The monoisotopic (exact) mass is 202 g/mol. The van der Waals surface area contributed by atoms with Gasteiger partial charge in [0.2, 0.25) is 0 Å². The molecule has 3 saturated carbocycles. The topological polar surface area (TPSA) is 20.2 Å². The summed E-state index contributed by atoms with van der Waals surface area (Å²) in [5.41, 5.74) is 3.93. The van der Waals surface area contributed by atoms with E-state index in [-0.39, 0.29) is 0 Å². The van der Waals surface area contributed by atoms with Crippen molar-refractivity contribution in [1.29, 1.82) is 0 Å². The molecule has 0 aromatic heterocycles. The Kier molecular flexibility index (Phi) is 1.79. The SMILES string of the molecule is Cc1cccc(C23CC(CCO)(C2)C3)c1. The van der Waals surface area contributed by atoms with E-state index < -0.39 is 0 Å². The fourth-order valence-corrected chi connectivity index (χ4v) is 3.78. The molecule has 0 atom stereocenters. The van der Waals surface area contributed by atoms with E-state index in [2.05, 4.69) is 31.2 Å². The molecular formula is C14H18O. The molecule has 0 spiro atoms. The maximum Gasteiger partial charge on any atom is 0.0436 e. The highest BCUT2D eigenvalue weighted by molar-refractivity contribution is 5.40. The van der Waals surface area contributed by atoms with Crippen molar-refractivity contribution in [1.82, 2.24) is 0 Å². The van der Waals surface area contributed by atoms with Crippen LogP contribution in [0.25, 0.3) is 0 Å². The highest BCUT2D eigenvalue weighted by atomic mass is 16.3. The van der Waals surface area contributed by atoms with Crippen molar-refractivity contribution in [3.05, 3.63) is 35.4 Å². The van der Waals surface area contributed by atoms with Gasteiger partial charge in [-0.1, -0.05) is 29.8 Å². The summed E-state index contributed by atoms with van der Waals surface area (Å²) in [6.07, 6.45) is 4.94. The van der Waals surface area contributed by atoms with Gasteiger partial charge in [-0.25, -0.2) is 0 Å². The third-order valence-electron chi connectivity index (χ3n) is 4.41. The van der Waals surface area contributed by atoms with Gasteiger partial charge < -0.3 is 5.11 Å². The molecule has 0 aliphatic heterocycles. The molecular weight excluding hydrogens is 184 g/mol. The third kappa shape index (κ3) is 1.19. The van der Waals surface area contributed by atoms with Gasteiger partial charge in [-0.2, -0.15) is 0 Å². The normalized spacial score (nSPS) is 36.9. The first kappa shape index (κ1) is 9.41. The molecule has 0 radical (unpaired) electrons. The van der Waals surface area contributed by atoms with Gasteiger partial charge in [0.1, 0.15) is 0 Å². The molecule has 4 rings (SSSR count). The summed E-state index contributed by atoms with van der Waals surface area (Å²) in [6, 6.07) is 8.94. The van der Waals surface area contributed by atoms with Crippen LogP contribution in [0.15, 0.2) is 24.3 Å². The van der Waals surface area contributed by atoms with E-state index in [4.69, 9.17) is 5.11 Å². The van der Waals surface area contributed by atoms with Crippen LogP contribution >= 0.6 is 0 Å². The van der Waals surface area contributed by atoms with Crippen LogP contribution in [-0.4, -0.2) is 11.7 Å². The molecule has 0 heterocycles. The lowest BCUT2D eigenvalue weighted by molar-refractivity contribution is -0.152. The number of aryl methyl sites for hydroxylation is 1. The number of hydrogen-bond donors (Lipinski definition) is 1. The van der Waals surface area contributed by atoms with Crippen LogP contribution in [0.4, 0.5) is 0 Å². The average molecular weight is 202 g/mol. The van der Waals surface area contributed by atoms with Gasteiger partial charge in [0.25, 0.3) is 0 Å². The zero-order chi connectivity index (χ0) is 10.5. The molecule has 1 heteroatoms. The number of hydrogen-bond acceptors (Lipinski definition) is 1. The smallest absolute Gasteiger partial charge is 0.0436 e. The van der Waals surface area contributed by atoms with Crippen LogP contribution in [0.1, 0.15) is 36.8 Å². The predicted molar refractivity (Wildman–Crippen MR) is 60.8 cm³/mol. The summed E-state index contributed by atoms with van der Waals surface area (Å²) in [5, 5.41) is 8.99. The van der Waals surface area contributed by atoms with Crippen LogP contribution in [0.5, 0.6) is 0 Å². The van der Waals surface area contributed by atoms with Crippen molar-refractivity contribution < 1.29 is 5.11 Å². The van der Waals surface area contributed by atoms with E-state index in [0.29, 0.717) is 17.4 Å². The standard InChI is InChI=1S/C14H18O/c1-11-3-2-4-12(7-11)14-8-13(9-14,10-14)5-6-15/h2-4,7,15H,5-6,8-10H2,1H3. The minimum Gasteiger partial charge on any atom is -0.396 e. The minimum atomic E-state index is 0.365. The molecule has 80 valence electrons. The van der Waals surface area contributed by atoms with Crippen molar-refractivity contribution >= 4 is 0 Å². The summed E-state index contributed by atoms with van der Waals surface area (Å²) in [5.74, 6) is 0. The molecule has 0 saturated heterocycles. The Morgan fingerprint density at radius 1 is 1.27 bits per heavy atom. The van der Waals surface area contributed by atoms with E-state index in [1.807, 2.05) is 0 Å². The lowest BCUT2D eigenvalue weighted by atomic mass is 9.33. The zero-order valence-corrected chi connectivity index (χ0v) is 9.29. The minimum absolute atomic E-state index is 0.365. The van der Waals surface area contributed by atoms with Crippen LogP contribution in [0.3, 0.4) is 0 Å². The van der Waals surface area contributed by atoms with Crippen molar-refractivity contribution in [2.45, 2.75) is 38.0 Å². The van der Waals surface area contributed by atoms with Gasteiger partial charge in [-0.3, -0.25) is 0 Å². The van der Waals surface area contributed by atoms with Crippen molar-refractivity contribution in [2.75, 3.05) is 6.61 Å². The first-order chi connectivity index (χ1) is 7.18. The molecule has 2 bridgehead atoms. The Morgan fingerprint density at radius 3 is 2.60 bits per heavy atom. The Balaban J connectivity index is 1.78. The van der Waals surface area contributed by atoms with E-state index in [1.54, 1.807) is 0 Å². The quantitative estimate of drug-likeness (QED) is 0.799. The molecule has 1 aromatic carbocycles. The van der Waals surface area contributed by atoms with Crippen molar-refractivity contribution in [3.63, 3.8) is 0 Å². The fourth-order valence-electron chi connectivity index (χ4n) is 3.78. The van der Waals surface area contributed by atoms with Gasteiger partial charge in [-0.15, -0.1) is 0 Å². The molecule has 0 amide bonds. The van der Waals surface area contributed by atoms with Crippen LogP contribution in [0.2, 0.25) is 0 Å². The van der Waals surface area contributed by atoms with Crippen LogP contribution in [0, 0.1) is 12.3 Å². The van der Waals surface area contributed by atoms with Crippen molar-refractivity contribution in [3.8, 4) is 0 Å². The number of aliphatic hydroxyl groups excluding tert-OH is 1. The number of benzene rings is 1. The maximum atomic E-state index is 8.99. The van der Waals surface area contributed by atoms with Crippen LogP contribution in [-0.2, 0) is 5.41 Å². The number of rotatable bonds is 3. The summed E-state index contributed by atoms with van der Waals surface area (Å²) in [6.45, 7) is 2.53. The van der Waals surface area contributed by atoms with Crippen LogP contribution < -0.4 is 0 Å². The molecule has 3 aliphatic carbocycles. The molecule has 1 N–H and O–H groups in total. The second-order valence-electron chi connectivity index (χ2n) is 5.65. The van der Waals surface area contributed by atoms with Gasteiger partial charge in [-0.05, 0) is 49.0 Å². The second kappa shape index (κ2) is 2.85. The maximum absolute atomic E-state index is 8.99. The Labute approximate surface area is 91.1 Å². The van der Waals surface area contributed by atoms with Crippen molar-refractivity contribution in [2.24, 2.45) is 5.41 Å². The van der Waals surface area contributed by atoms with Gasteiger partial charge in [0.15, 0.2) is 0 Å². The second-order valence-corrected chi connectivity index (χ2v) is 5.65. The summed E-state index contributed by atoms with van der Waals surface area (Å²) < 4.78 is 0. The summed E-state index contributed by atoms with van der Waals surface area (Å²) in [7, 11) is 0. The highest BCUT2D eigenvalue weighted by Gasteiger charge is 2.67.